The van der Waals surface area contributed by atoms with Crippen molar-refractivity contribution in [1.82, 2.24) is 0 Å². The van der Waals surface area contributed by atoms with Gasteiger partial charge in [0.2, 0.25) is 0 Å². The zero-order valence-electron chi connectivity index (χ0n) is 8.50. The molecule has 0 spiro atoms. The first kappa shape index (κ1) is 11.2. The summed E-state index contributed by atoms with van der Waals surface area (Å²) < 4.78 is 11.8. The van der Waals surface area contributed by atoms with Crippen LogP contribution in [0.1, 0.15) is 39.0 Å². The maximum absolute atomic E-state index is 11.8. The standard InChI is InChI=1S/C10H21NOS/c1-9-4-2-5-10(8-9)13(12)7-3-6-11/h9-10H,2-8,11H2,1H3. The second-order valence-corrected chi connectivity index (χ2v) is 5.96. The first-order chi connectivity index (χ1) is 6.24. The largest absolute Gasteiger partial charge is 0.330 e. The van der Waals surface area contributed by atoms with Gasteiger partial charge in [-0.3, -0.25) is 4.21 Å². The molecule has 1 aliphatic rings. The average molecular weight is 203 g/mol. The van der Waals surface area contributed by atoms with Crippen LogP contribution in [0.3, 0.4) is 0 Å². The van der Waals surface area contributed by atoms with Gasteiger partial charge in [0.15, 0.2) is 0 Å². The van der Waals surface area contributed by atoms with E-state index in [4.69, 9.17) is 5.73 Å². The molecule has 1 saturated carbocycles. The van der Waals surface area contributed by atoms with Crippen molar-refractivity contribution in [3.8, 4) is 0 Å². The van der Waals surface area contributed by atoms with Gasteiger partial charge in [-0.05, 0) is 31.7 Å². The highest BCUT2D eigenvalue weighted by atomic mass is 32.2. The molecule has 0 radical (unpaired) electrons. The molecule has 1 fully saturated rings. The van der Waals surface area contributed by atoms with Crippen LogP contribution in [0.2, 0.25) is 0 Å². The fourth-order valence-corrected chi connectivity index (χ4v) is 3.77. The minimum Gasteiger partial charge on any atom is -0.330 e. The highest BCUT2D eigenvalue weighted by molar-refractivity contribution is 7.85. The van der Waals surface area contributed by atoms with E-state index in [1.807, 2.05) is 0 Å². The highest BCUT2D eigenvalue weighted by Crippen LogP contribution is 2.27. The molecule has 0 aromatic carbocycles. The summed E-state index contributed by atoms with van der Waals surface area (Å²) in [5, 5.41) is 0.468. The van der Waals surface area contributed by atoms with E-state index in [-0.39, 0.29) is 0 Å². The van der Waals surface area contributed by atoms with E-state index in [0.29, 0.717) is 11.8 Å². The molecule has 0 aromatic heterocycles. The van der Waals surface area contributed by atoms with E-state index in [1.54, 1.807) is 0 Å². The van der Waals surface area contributed by atoms with Gasteiger partial charge in [0, 0.05) is 21.8 Å². The fourth-order valence-electron chi connectivity index (χ4n) is 2.01. The maximum Gasteiger partial charge on any atom is 0.0350 e. The predicted octanol–water partition coefficient (Wildman–Crippen LogP) is 1.66. The van der Waals surface area contributed by atoms with Gasteiger partial charge in [0.1, 0.15) is 0 Å². The lowest BCUT2D eigenvalue weighted by atomic mass is 9.91. The molecule has 1 rings (SSSR count). The zero-order valence-corrected chi connectivity index (χ0v) is 9.31. The Labute approximate surface area is 83.7 Å². The molecule has 0 bridgehead atoms. The summed E-state index contributed by atoms with van der Waals surface area (Å²) in [6.07, 6.45) is 5.83. The van der Waals surface area contributed by atoms with E-state index >= 15 is 0 Å². The van der Waals surface area contributed by atoms with Crippen LogP contribution in [-0.2, 0) is 10.8 Å². The van der Waals surface area contributed by atoms with E-state index < -0.39 is 10.8 Å². The van der Waals surface area contributed by atoms with E-state index in [0.717, 1.165) is 24.5 Å². The van der Waals surface area contributed by atoms with Crippen molar-refractivity contribution in [3.05, 3.63) is 0 Å². The molecule has 0 heterocycles. The molecule has 0 aromatic rings. The Morgan fingerprint density at radius 1 is 1.46 bits per heavy atom. The molecular weight excluding hydrogens is 182 g/mol. The van der Waals surface area contributed by atoms with Crippen LogP contribution >= 0.6 is 0 Å². The molecule has 3 heteroatoms. The summed E-state index contributed by atoms with van der Waals surface area (Å²) in [7, 11) is -0.607. The van der Waals surface area contributed by atoms with E-state index in [9.17, 15) is 4.21 Å². The summed E-state index contributed by atoms with van der Waals surface area (Å²) in [6, 6.07) is 0. The topological polar surface area (TPSA) is 43.1 Å². The minimum atomic E-state index is -0.607. The average Bonchev–Trinajstić information content (AvgIpc) is 2.14. The maximum atomic E-state index is 11.8. The zero-order chi connectivity index (χ0) is 9.68. The van der Waals surface area contributed by atoms with Crippen LogP contribution in [0.4, 0.5) is 0 Å². The van der Waals surface area contributed by atoms with Crippen molar-refractivity contribution in [1.29, 1.82) is 0 Å². The molecule has 3 unspecified atom stereocenters. The van der Waals surface area contributed by atoms with Crippen LogP contribution in [-0.4, -0.2) is 21.8 Å². The van der Waals surface area contributed by atoms with Gasteiger partial charge in [-0.15, -0.1) is 0 Å². The van der Waals surface area contributed by atoms with Crippen molar-refractivity contribution in [3.63, 3.8) is 0 Å². The SMILES string of the molecule is CC1CCCC(S(=O)CCCN)C1. The summed E-state index contributed by atoms with van der Waals surface area (Å²) in [4.78, 5) is 0. The quantitative estimate of drug-likeness (QED) is 0.755. The Bertz CT molecular complexity index is 172. The first-order valence-corrected chi connectivity index (χ1v) is 6.69. The second-order valence-electron chi connectivity index (χ2n) is 4.12. The van der Waals surface area contributed by atoms with Crippen molar-refractivity contribution < 1.29 is 4.21 Å². The minimum absolute atomic E-state index is 0.468. The molecule has 2 nitrogen and oxygen atoms in total. The lowest BCUT2D eigenvalue weighted by molar-refractivity contribution is 0.389. The van der Waals surface area contributed by atoms with Gasteiger partial charge in [0.25, 0.3) is 0 Å². The highest BCUT2D eigenvalue weighted by Gasteiger charge is 2.23. The summed E-state index contributed by atoms with van der Waals surface area (Å²) in [5.74, 6) is 1.59. The Hall–Kier alpha value is 0.110. The first-order valence-electron chi connectivity index (χ1n) is 5.31. The van der Waals surface area contributed by atoms with Crippen LogP contribution in [0, 0.1) is 5.92 Å². The third kappa shape index (κ3) is 3.77. The van der Waals surface area contributed by atoms with E-state index in [2.05, 4.69) is 6.92 Å². The van der Waals surface area contributed by atoms with Gasteiger partial charge in [-0.2, -0.15) is 0 Å². The lowest BCUT2D eigenvalue weighted by Crippen LogP contribution is -2.25. The molecule has 2 N–H and O–H groups in total. The summed E-state index contributed by atoms with van der Waals surface area (Å²) >= 11 is 0. The van der Waals surface area contributed by atoms with Crippen LogP contribution in [0.25, 0.3) is 0 Å². The van der Waals surface area contributed by atoms with Crippen molar-refractivity contribution in [2.75, 3.05) is 12.3 Å². The van der Waals surface area contributed by atoms with Crippen molar-refractivity contribution in [2.24, 2.45) is 11.7 Å². The Kier molecular flexibility index (Phi) is 4.96. The summed E-state index contributed by atoms with van der Waals surface area (Å²) in [5.41, 5.74) is 5.40. The van der Waals surface area contributed by atoms with Crippen molar-refractivity contribution >= 4 is 10.8 Å². The van der Waals surface area contributed by atoms with E-state index in [1.165, 1.54) is 19.3 Å². The Morgan fingerprint density at radius 3 is 2.85 bits per heavy atom. The number of rotatable bonds is 4. The van der Waals surface area contributed by atoms with Crippen LogP contribution < -0.4 is 5.73 Å². The molecule has 78 valence electrons. The molecule has 0 saturated heterocycles. The predicted molar refractivity (Wildman–Crippen MR) is 58.1 cm³/mol. The molecular formula is C10H21NOS. The number of nitrogens with two attached hydrogens (primary N) is 1. The van der Waals surface area contributed by atoms with Gasteiger partial charge < -0.3 is 5.73 Å². The van der Waals surface area contributed by atoms with Gasteiger partial charge in [-0.1, -0.05) is 19.8 Å². The molecule has 13 heavy (non-hydrogen) atoms. The smallest absolute Gasteiger partial charge is 0.0350 e. The molecule has 0 aliphatic heterocycles. The molecule has 0 amide bonds. The van der Waals surface area contributed by atoms with Gasteiger partial charge >= 0.3 is 0 Å². The van der Waals surface area contributed by atoms with Gasteiger partial charge in [-0.25, -0.2) is 0 Å². The summed E-state index contributed by atoms with van der Waals surface area (Å²) in [6.45, 7) is 2.94. The third-order valence-corrected chi connectivity index (χ3v) is 4.67. The number of hydrogen-bond donors (Lipinski definition) is 1. The molecule has 3 atom stereocenters. The fraction of sp³-hybridized carbons (Fsp3) is 1.00. The Morgan fingerprint density at radius 2 is 2.23 bits per heavy atom. The normalized spacial score (nSPS) is 31.5. The second kappa shape index (κ2) is 5.76. The monoisotopic (exact) mass is 203 g/mol. The van der Waals surface area contributed by atoms with Gasteiger partial charge in [0.05, 0.1) is 0 Å². The Balaban J connectivity index is 2.28. The van der Waals surface area contributed by atoms with Crippen LogP contribution in [0.5, 0.6) is 0 Å². The van der Waals surface area contributed by atoms with Crippen molar-refractivity contribution in [2.45, 2.75) is 44.3 Å². The lowest BCUT2D eigenvalue weighted by Gasteiger charge is -2.25. The molecule has 1 aliphatic carbocycles. The number of hydrogen-bond acceptors (Lipinski definition) is 2. The van der Waals surface area contributed by atoms with Crippen LogP contribution in [0.15, 0.2) is 0 Å². The third-order valence-electron chi connectivity index (χ3n) is 2.81.